The van der Waals surface area contributed by atoms with Crippen molar-refractivity contribution < 1.29 is 19.1 Å². The average Bonchev–Trinajstić information content (AvgIpc) is 3.35. The third-order valence-corrected chi connectivity index (χ3v) is 4.93. The van der Waals surface area contributed by atoms with E-state index in [-0.39, 0.29) is 24.3 Å². The Bertz CT molecular complexity index is 1050. The predicted molar refractivity (Wildman–Crippen MR) is 105 cm³/mol. The Kier molecular flexibility index (Phi) is 5.14. The summed E-state index contributed by atoms with van der Waals surface area (Å²) in [6.45, 7) is 0.519. The van der Waals surface area contributed by atoms with Crippen LogP contribution < -0.4 is 20.1 Å². The normalized spacial score (nSPS) is 11.9. The molecule has 3 aromatic rings. The van der Waals surface area contributed by atoms with E-state index in [4.69, 9.17) is 21.1 Å². The highest BCUT2D eigenvalue weighted by Gasteiger charge is 2.15. The standard InChI is InChI=1S/C19H14ClN3O4S/c20-13-3-1-2-12(7-13)17(24)23-19-22-14(9-28-19)18(25)21-8-11-4-5-15-16(6-11)27-10-26-15/h1-7,9H,8,10H2,(H,21,25)(H,22,23,24). The van der Waals surface area contributed by atoms with E-state index in [1.54, 1.807) is 35.7 Å². The molecule has 1 aliphatic heterocycles. The lowest BCUT2D eigenvalue weighted by Crippen LogP contribution is -2.23. The third-order valence-electron chi connectivity index (χ3n) is 3.93. The minimum atomic E-state index is -0.343. The van der Waals surface area contributed by atoms with Gasteiger partial charge >= 0.3 is 0 Å². The van der Waals surface area contributed by atoms with Crippen molar-refractivity contribution in [2.45, 2.75) is 6.54 Å². The van der Waals surface area contributed by atoms with E-state index in [9.17, 15) is 9.59 Å². The summed E-state index contributed by atoms with van der Waals surface area (Å²) < 4.78 is 10.6. The van der Waals surface area contributed by atoms with E-state index in [1.165, 1.54) is 11.3 Å². The largest absolute Gasteiger partial charge is 0.454 e. The summed E-state index contributed by atoms with van der Waals surface area (Å²) >= 11 is 7.06. The molecule has 0 unspecified atom stereocenters. The molecule has 1 aromatic heterocycles. The molecule has 1 aliphatic rings. The Balaban J connectivity index is 1.35. The molecule has 2 N–H and O–H groups in total. The zero-order valence-corrected chi connectivity index (χ0v) is 16.0. The average molecular weight is 416 g/mol. The minimum absolute atomic E-state index is 0.202. The van der Waals surface area contributed by atoms with Crippen molar-refractivity contribution in [3.63, 3.8) is 0 Å². The van der Waals surface area contributed by atoms with Crippen LogP contribution in [0.5, 0.6) is 11.5 Å². The van der Waals surface area contributed by atoms with E-state index in [2.05, 4.69) is 15.6 Å². The molecule has 0 spiro atoms. The highest BCUT2D eigenvalue weighted by atomic mass is 35.5. The second-order valence-electron chi connectivity index (χ2n) is 5.87. The van der Waals surface area contributed by atoms with Gasteiger partial charge in [-0.2, -0.15) is 0 Å². The summed E-state index contributed by atoms with van der Waals surface area (Å²) in [4.78, 5) is 28.7. The molecule has 2 amide bonds. The number of anilines is 1. The molecule has 0 fully saturated rings. The highest BCUT2D eigenvalue weighted by Crippen LogP contribution is 2.32. The van der Waals surface area contributed by atoms with Gasteiger partial charge in [0.1, 0.15) is 5.69 Å². The number of hydrogen-bond acceptors (Lipinski definition) is 6. The number of carbonyl (C=O) groups is 2. The first-order chi connectivity index (χ1) is 13.6. The molecule has 0 saturated carbocycles. The van der Waals surface area contributed by atoms with Crippen LogP contribution in [0.25, 0.3) is 0 Å². The van der Waals surface area contributed by atoms with Gasteiger partial charge in [0.2, 0.25) is 6.79 Å². The first kappa shape index (κ1) is 18.3. The molecule has 2 heterocycles. The molecule has 2 aromatic carbocycles. The van der Waals surface area contributed by atoms with Gasteiger partial charge in [-0.25, -0.2) is 4.98 Å². The van der Waals surface area contributed by atoms with Crippen molar-refractivity contribution in [1.82, 2.24) is 10.3 Å². The monoisotopic (exact) mass is 415 g/mol. The van der Waals surface area contributed by atoms with Gasteiger partial charge < -0.3 is 14.8 Å². The quantitative estimate of drug-likeness (QED) is 0.663. The highest BCUT2D eigenvalue weighted by molar-refractivity contribution is 7.14. The lowest BCUT2D eigenvalue weighted by molar-refractivity contribution is 0.0945. The first-order valence-corrected chi connectivity index (χ1v) is 9.53. The fraction of sp³-hybridized carbons (Fsp3) is 0.105. The van der Waals surface area contributed by atoms with Gasteiger partial charge in [0.05, 0.1) is 0 Å². The van der Waals surface area contributed by atoms with E-state index >= 15 is 0 Å². The first-order valence-electron chi connectivity index (χ1n) is 8.28. The minimum Gasteiger partial charge on any atom is -0.454 e. The molecule has 0 radical (unpaired) electrons. The van der Waals surface area contributed by atoms with Crippen molar-refractivity contribution in [3.05, 3.63) is 69.7 Å². The van der Waals surface area contributed by atoms with Crippen LogP contribution in [0.4, 0.5) is 5.13 Å². The lowest BCUT2D eigenvalue weighted by Gasteiger charge is -2.05. The number of nitrogens with zero attached hydrogens (tertiary/aromatic N) is 1. The summed E-state index contributed by atoms with van der Waals surface area (Å²) in [6, 6.07) is 12.1. The van der Waals surface area contributed by atoms with Gasteiger partial charge in [-0.05, 0) is 35.9 Å². The van der Waals surface area contributed by atoms with E-state index < -0.39 is 0 Å². The lowest BCUT2D eigenvalue weighted by atomic mass is 10.2. The van der Waals surface area contributed by atoms with Crippen LogP contribution in [-0.4, -0.2) is 23.6 Å². The summed E-state index contributed by atoms with van der Waals surface area (Å²) in [5.74, 6) is 0.669. The molecular weight excluding hydrogens is 402 g/mol. The van der Waals surface area contributed by atoms with Crippen LogP contribution in [0.15, 0.2) is 47.8 Å². The van der Waals surface area contributed by atoms with Gasteiger partial charge in [0.15, 0.2) is 16.6 Å². The number of rotatable bonds is 5. The fourth-order valence-corrected chi connectivity index (χ4v) is 3.43. The second-order valence-corrected chi connectivity index (χ2v) is 7.17. The molecule has 0 saturated heterocycles. The number of thiazole rings is 1. The smallest absolute Gasteiger partial charge is 0.271 e. The molecule has 7 nitrogen and oxygen atoms in total. The summed E-state index contributed by atoms with van der Waals surface area (Å²) in [5.41, 5.74) is 1.52. The summed E-state index contributed by atoms with van der Waals surface area (Å²) in [5, 5.41) is 7.84. The molecule has 4 rings (SSSR count). The number of carbonyl (C=O) groups excluding carboxylic acids is 2. The Hall–Kier alpha value is -3.10. The maximum atomic E-state index is 12.3. The number of halogens is 1. The van der Waals surface area contributed by atoms with Crippen molar-refractivity contribution in [3.8, 4) is 11.5 Å². The SMILES string of the molecule is O=C(Nc1nc(C(=O)NCc2ccc3c(c2)OCO3)cs1)c1cccc(Cl)c1. The van der Waals surface area contributed by atoms with E-state index in [0.717, 1.165) is 5.56 Å². The third kappa shape index (κ3) is 4.08. The molecule has 0 aliphatic carbocycles. The van der Waals surface area contributed by atoms with Gasteiger partial charge in [-0.1, -0.05) is 23.7 Å². The number of hydrogen-bond donors (Lipinski definition) is 2. The topological polar surface area (TPSA) is 89.6 Å². The van der Waals surface area contributed by atoms with Gasteiger partial charge in [0, 0.05) is 22.5 Å². The molecular formula is C19H14ClN3O4S. The van der Waals surface area contributed by atoms with Crippen LogP contribution in [-0.2, 0) is 6.54 Å². The number of aromatic nitrogens is 1. The van der Waals surface area contributed by atoms with Crippen molar-refractivity contribution >= 4 is 39.9 Å². The van der Waals surface area contributed by atoms with E-state index in [1.807, 2.05) is 12.1 Å². The maximum absolute atomic E-state index is 12.3. The number of nitrogens with one attached hydrogen (secondary N) is 2. The Morgan fingerprint density at radius 2 is 1.96 bits per heavy atom. The number of benzene rings is 2. The molecule has 142 valence electrons. The zero-order valence-electron chi connectivity index (χ0n) is 14.4. The number of fused-ring (bicyclic) bond motifs is 1. The fourth-order valence-electron chi connectivity index (χ4n) is 2.56. The summed E-state index contributed by atoms with van der Waals surface area (Å²) in [6.07, 6.45) is 0. The van der Waals surface area contributed by atoms with Crippen molar-refractivity contribution in [1.29, 1.82) is 0 Å². The van der Waals surface area contributed by atoms with Crippen molar-refractivity contribution in [2.24, 2.45) is 0 Å². The van der Waals surface area contributed by atoms with Crippen LogP contribution in [0.2, 0.25) is 5.02 Å². The van der Waals surface area contributed by atoms with Crippen LogP contribution in [0.1, 0.15) is 26.4 Å². The van der Waals surface area contributed by atoms with Crippen LogP contribution in [0, 0.1) is 0 Å². The maximum Gasteiger partial charge on any atom is 0.271 e. The molecule has 9 heteroatoms. The summed E-state index contributed by atoms with van der Waals surface area (Å²) in [7, 11) is 0. The molecule has 0 bridgehead atoms. The number of amides is 2. The van der Waals surface area contributed by atoms with Crippen LogP contribution in [0.3, 0.4) is 0 Å². The van der Waals surface area contributed by atoms with Crippen molar-refractivity contribution in [2.75, 3.05) is 12.1 Å². The Morgan fingerprint density at radius 3 is 2.82 bits per heavy atom. The Morgan fingerprint density at radius 1 is 1.11 bits per heavy atom. The van der Waals surface area contributed by atoms with Gasteiger partial charge in [-0.15, -0.1) is 11.3 Å². The zero-order chi connectivity index (χ0) is 19.5. The van der Waals surface area contributed by atoms with Gasteiger partial charge in [-0.3, -0.25) is 14.9 Å². The molecule has 0 atom stereocenters. The van der Waals surface area contributed by atoms with Gasteiger partial charge in [0.25, 0.3) is 11.8 Å². The number of ether oxygens (including phenoxy) is 2. The predicted octanol–water partition coefficient (Wildman–Crippen LogP) is 3.71. The van der Waals surface area contributed by atoms with E-state index in [0.29, 0.717) is 33.8 Å². The Labute approximate surface area is 169 Å². The molecule has 28 heavy (non-hydrogen) atoms. The second kappa shape index (κ2) is 7.87. The van der Waals surface area contributed by atoms with Crippen LogP contribution >= 0.6 is 22.9 Å².